The van der Waals surface area contributed by atoms with Gasteiger partial charge in [0.1, 0.15) is 0 Å². The van der Waals surface area contributed by atoms with Crippen molar-refractivity contribution >= 4 is 11.9 Å². The normalized spacial score (nSPS) is 21.3. The standard InChI is InChI=1S/C10H8O4/c11-8-6-13-10(12)9(14-8)7-4-2-1-3-5-7/h1-5,9H,6H2/t9-/m0/s1. The number of hydrogen-bond acceptors (Lipinski definition) is 4. The summed E-state index contributed by atoms with van der Waals surface area (Å²) < 4.78 is 9.51. The monoisotopic (exact) mass is 192 g/mol. The Morgan fingerprint density at radius 1 is 1.14 bits per heavy atom. The maximum Gasteiger partial charge on any atom is 0.352 e. The first-order valence-corrected chi connectivity index (χ1v) is 4.18. The highest BCUT2D eigenvalue weighted by molar-refractivity contribution is 5.86. The quantitative estimate of drug-likeness (QED) is 0.618. The molecule has 1 aliphatic heterocycles. The molecule has 4 heteroatoms. The minimum atomic E-state index is -0.905. The highest BCUT2D eigenvalue weighted by Gasteiger charge is 2.31. The molecule has 0 bridgehead atoms. The second kappa shape index (κ2) is 3.49. The molecule has 0 saturated carbocycles. The predicted octanol–water partition coefficient (Wildman–Crippen LogP) is 0.828. The molecule has 0 spiro atoms. The Kier molecular flexibility index (Phi) is 2.18. The molecular weight excluding hydrogens is 184 g/mol. The molecule has 14 heavy (non-hydrogen) atoms. The van der Waals surface area contributed by atoms with Gasteiger partial charge < -0.3 is 9.47 Å². The van der Waals surface area contributed by atoms with Crippen LogP contribution < -0.4 is 0 Å². The van der Waals surface area contributed by atoms with Crippen molar-refractivity contribution in [1.82, 2.24) is 0 Å². The van der Waals surface area contributed by atoms with Crippen LogP contribution in [-0.2, 0) is 19.1 Å². The first kappa shape index (κ1) is 8.74. The van der Waals surface area contributed by atoms with Gasteiger partial charge in [-0.1, -0.05) is 30.3 Å². The van der Waals surface area contributed by atoms with Crippen LogP contribution in [0.4, 0.5) is 0 Å². The second-order valence-corrected chi connectivity index (χ2v) is 2.89. The van der Waals surface area contributed by atoms with Gasteiger partial charge in [0.25, 0.3) is 0 Å². The summed E-state index contributed by atoms with van der Waals surface area (Å²) in [6, 6.07) is 8.78. The molecule has 1 saturated heterocycles. The number of esters is 2. The number of rotatable bonds is 1. The Bertz CT molecular complexity index is 358. The Hall–Kier alpha value is -1.84. The van der Waals surface area contributed by atoms with Crippen LogP contribution in [0, 0.1) is 0 Å². The van der Waals surface area contributed by atoms with Gasteiger partial charge in [-0.2, -0.15) is 0 Å². The molecular formula is C10H8O4. The van der Waals surface area contributed by atoms with Crippen LogP contribution in [0.1, 0.15) is 11.7 Å². The molecule has 0 N–H and O–H groups in total. The number of carbonyl (C=O) groups is 2. The highest BCUT2D eigenvalue weighted by atomic mass is 16.6. The van der Waals surface area contributed by atoms with Crippen molar-refractivity contribution in [1.29, 1.82) is 0 Å². The molecule has 1 aromatic carbocycles. The number of benzene rings is 1. The van der Waals surface area contributed by atoms with E-state index in [2.05, 4.69) is 4.74 Å². The molecule has 1 atom stereocenters. The van der Waals surface area contributed by atoms with Crippen molar-refractivity contribution in [3.63, 3.8) is 0 Å². The lowest BCUT2D eigenvalue weighted by Gasteiger charge is -2.21. The average Bonchev–Trinajstić information content (AvgIpc) is 2.23. The molecule has 72 valence electrons. The molecule has 1 heterocycles. The summed E-state index contributed by atoms with van der Waals surface area (Å²) >= 11 is 0. The Morgan fingerprint density at radius 2 is 1.86 bits per heavy atom. The van der Waals surface area contributed by atoms with E-state index in [1.807, 2.05) is 6.07 Å². The van der Waals surface area contributed by atoms with E-state index in [0.29, 0.717) is 5.56 Å². The first-order chi connectivity index (χ1) is 6.77. The van der Waals surface area contributed by atoms with E-state index in [-0.39, 0.29) is 6.61 Å². The molecule has 1 fully saturated rings. The van der Waals surface area contributed by atoms with Crippen LogP contribution in [-0.4, -0.2) is 18.5 Å². The highest BCUT2D eigenvalue weighted by Crippen LogP contribution is 2.21. The maximum absolute atomic E-state index is 11.2. The lowest BCUT2D eigenvalue weighted by Crippen LogP contribution is -2.31. The molecule has 4 nitrogen and oxygen atoms in total. The van der Waals surface area contributed by atoms with Crippen LogP contribution in [0.25, 0.3) is 0 Å². The van der Waals surface area contributed by atoms with Crippen molar-refractivity contribution in [2.45, 2.75) is 6.10 Å². The molecule has 1 aliphatic rings. The summed E-state index contributed by atoms with van der Waals surface area (Å²) in [5.41, 5.74) is 0.630. The zero-order valence-corrected chi connectivity index (χ0v) is 7.30. The van der Waals surface area contributed by atoms with Crippen LogP contribution in [0.5, 0.6) is 0 Å². The van der Waals surface area contributed by atoms with Crippen LogP contribution in [0.2, 0.25) is 0 Å². The minimum absolute atomic E-state index is 0.290. The third-order valence-corrected chi connectivity index (χ3v) is 1.90. The minimum Gasteiger partial charge on any atom is -0.451 e. The molecule has 0 radical (unpaired) electrons. The van der Waals surface area contributed by atoms with Gasteiger partial charge in [-0.25, -0.2) is 9.59 Å². The van der Waals surface area contributed by atoms with Crippen LogP contribution >= 0.6 is 0 Å². The van der Waals surface area contributed by atoms with Gasteiger partial charge in [0.05, 0.1) is 0 Å². The van der Waals surface area contributed by atoms with E-state index >= 15 is 0 Å². The smallest absolute Gasteiger partial charge is 0.352 e. The van der Waals surface area contributed by atoms with Gasteiger partial charge >= 0.3 is 11.9 Å². The molecule has 0 amide bonds. The fraction of sp³-hybridized carbons (Fsp3) is 0.200. The maximum atomic E-state index is 11.2. The Balaban J connectivity index is 2.24. The van der Waals surface area contributed by atoms with Gasteiger partial charge in [-0.3, -0.25) is 0 Å². The number of cyclic esters (lactones) is 2. The first-order valence-electron chi connectivity index (χ1n) is 4.18. The van der Waals surface area contributed by atoms with Gasteiger partial charge in [0.15, 0.2) is 6.61 Å². The zero-order chi connectivity index (χ0) is 9.97. The lowest BCUT2D eigenvalue weighted by atomic mass is 10.1. The van der Waals surface area contributed by atoms with E-state index in [4.69, 9.17) is 4.74 Å². The third kappa shape index (κ3) is 1.59. The molecule has 0 aromatic heterocycles. The Labute approximate surface area is 80.4 Å². The van der Waals surface area contributed by atoms with E-state index < -0.39 is 18.0 Å². The average molecular weight is 192 g/mol. The summed E-state index contributed by atoms with van der Waals surface area (Å²) in [5, 5.41) is 0. The topological polar surface area (TPSA) is 52.6 Å². The van der Waals surface area contributed by atoms with Gasteiger partial charge in [0.2, 0.25) is 6.10 Å². The van der Waals surface area contributed by atoms with Crippen LogP contribution in [0.3, 0.4) is 0 Å². The van der Waals surface area contributed by atoms with E-state index in [9.17, 15) is 9.59 Å². The SMILES string of the molecule is O=C1COC(=O)[C@H](c2ccccc2)O1. The molecule has 0 unspecified atom stereocenters. The van der Waals surface area contributed by atoms with E-state index in [1.54, 1.807) is 24.3 Å². The summed E-state index contributed by atoms with van der Waals surface area (Å²) in [4.78, 5) is 22.1. The number of carbonyl (C=O) groups excluding carboxylic acids is 2. The van der Waals surface area contributed by atoms with Crippen LogP contribution in [0.15, 0.2) is 30.3 Å². The summed E-state index contributed by atoms with van der Waals surface area (Å²) in [6.45, 7) is -0.290. The number of ether oxygens (including phenoxy) is 2. The Morgan fingerprint density at radius 3 is 2.57 bits per heavy atom. The van der Waals surface area contributed by atoms with Crippen molar-refractivity contribution in [3.8, 4) is 0 Å². The molecule has 1 aromatic rings. The summed E-state index contributed by atoms with van der Waals surface area (Å²) in [5.74, 6) is -1.03. The van der Waals surface area contributed by atoms with Gasteiger partial charge in [0, 0.05) is 5.56 Å². The predicted molar refractivity (Wildman–Crippen MR) is 46.2 cm³/mol. The van der Waals surface area contributed by atoms with Crippen molar-refractivity contribution in [2.75, 3.05) is 6.61 Å². The molecule has 2 rings (SSSR count). The molecule has 0 aliphatic carbocycles. The largest absolute Gasteiger partial charge is 0.451 e. The van der Waals surface area contributed by atoms with Gasteiger partial charge in [-0.15, -0.1) is 0 Å². The third-order valence-electron chi connectivity index (χ3n) is 1.90. The van der Waals surface area contributed by atoms with Crippen molar-refractivity contribution in [3.05, 3.63) is 35.9 Å². The summed E-state index contributed by atoms with van der Waals surface area (Å²) in [6.07, 6.45) is -0.905. The van der Waals surface area contributed by atoms with Crippen molar-refractivity contribution < 1.29 is 19.1 Å². The van der Waals surface area contributed by atoms with Crippen molar-refractivity contribution in [2.24, 2.45) is 0 Å². The second-order valence-electron chi connectivity index (χ2n) is 2.89. The van der Waals surface area contributed by atoms with E-state index in [0.717, 1.165) is 0 Å². The van der Waals surface area contributed by atoms with E-state index in [1.165, 1.54) is 0 Å². The zero-order valence-electron chi connectivity index (χ0n) is 7.30. The lowest BCUT2D eigenvalue weighted by molar-refractivity contribution is -0.185. The fourth-order valence-corrected chi connectivity index (χ4v) is 1.25. The summed E-state index contributed by atoms with van der Waals surface area (Å²) in [7, 11) is 0. The number of hydrogen-bond donors (Lipinski definition) is 0. The fourth-order valence-electron chi connectivity index (χ4n) is 1.25. The van der Waals surface area contributed by atoms with Gasteiger partial charge in [-0.05, 0) is 0 Å².